The second-order valence-corrected chi connectivity index (χ2v) is 9.11. The quantitative estimate of drug-likeness (QED) is 0.390. The van der Waals surface area contributed by atoms with Crippen LogP contribution < -0.4 is 16.0 Å². The van der Waals surface area contributed by atoms with Crippen molar-refractivity contribution in [2.45, 2.75) is 6.04 Å². The lowest BCUT2D eigenvalue weighted by atomic mass is 10.1. The monoisotopic (exact) mass is 484 g/mol. The molecule has 0 aliphatic carbocycles. The van der Waals surface area contributed by atoms with E-state index in [-0.39, 0.29) is 23.3 Å². The molecule has 36 heavy (non-hydrogen) atoms. The number of nitrogens with zero attached hydrogens (tertiary/aromatic N) is 4. The maximum atomic E-state index is 12.8. The average molecular weight is 485 g/mol. The zero-order valence-electron chi connectivity index (χ0n) is 20.2. The molecule has 0 radical (unpaired) electrons. The van der Waals surface area contributed by atoms with Gasteiger partial charge in [-0.25, -0.2) is 5.10 Å². The van der Waals surface area contributed by atoms with Crippen molar-refractivity contribution >= 4 is 22.6 Å². The Kier molecular flexibility index (Phi) is 6.30. The number of likely N-dealkylation sites (tertiary alicyclic amines) is 1. The van der Waals surface area contributed by atoms with E-state index >= 15 is 0 Å². The van der Waals surface area contributed by atoms with Crippen molar-refractivity contribution < 1.29 is 9.53 Å². The highest BCUT2D eigenvalue weighted by Crippen LogP contribution is 2.36. The van der Waals surface area contributed by atoms with E-state index in [9.17, 15) is 9.59 Å². The zero-order chi connectivity index (χ0) is 25.2. The topological polar surface area (TPSA) is 109 Å². The van der Waals surface area contributed by atoms with Gasteiger partial charge in [0.1, 0.15) is 17.0 Å². The normalized spacial score (nSPS) is 14.0. The summed E-state index contributed by atoms with van der Waals surface area (Å²) in [7, 11) is 3.90. The van der Waals surface area contributed by atoms with Crippen LogP contribution in [0.25, 0.3) is 22.0 Å². The van der Waals surface area contributed by atoms with Crippen LogP contribution in [-0.2, 0) is 4.79 Å². The Hall–Kier alpha value is -4.37. The standard InChI is InChI=1S/C27H28N6O3/c1-31(2)14-6-9-23(34)32-15-19(16-32)33-17-22(24-25(33)27(35)30-29-26(24)28)18-10-12-21(13-11-18)36-20-7-4-3-5-8-20/h3-13,17,19H,14-16H2,1-2H3,(H2,28,29)(H,30,35). The Morgan fingerprint density at radius 3 is 2.53 bits per heavy atom. The van der Waals surface area contributed by atoms with Gasteiger partial charge in [-0.2, -0.15) is 5.10 Å². The Morgan fingerprint density at radius 2 is 1.83 bits per heavy atom. The Bertz CT molecular complexity index is 1470. The van der Waals surface area contributed by atoms with Crippen LogP contribution in [0.1, 0.15) is 6.04 Å². The molecule has 0 bridgehead atoms. The molecule has 4 aromatic rings. The first kappa shape index (κ1) is 23.4. The Morgan fingerprint density at radius 1 is 1.14 bits per heavy atom. The molecule has 3 heterocycles. The van der Waals surface area contributed by atoms with Crippen LogP contribution in [0.4, 0.5) is 5.82 Å². The fraction of sp³-hybridized carbons (Fsp3) is 0.222. The van der Waals surface area contributed by atoms with E-state index in [4.69, 9.17) is 10.5 Å². The number of aromatic amines is 1. The molecule has 1 amide bonds. The van der Waals surface area contributed by atoms with Gasteiger partial charge in [0, 0.05) is 37.5 Å². The largest absolute Gasteiger partial charge is 0.457 e. The third kappa shape index (κ3) is 4.60. The van der Waals surface area contributed by atoms with Crippen molar-refractivity contribution in [3.05, 3.63) is 83.3 Å². The molecular formula is C27H28N6O3. The second kappa shape index (κ2) is 9.71. The average Bonchev–Trinajstić information content (AvgIpc) is 3.23. The van der Waals surface area contributed by atoms with Gasteiger partial charge in [-0.05, 0) is 43.9 Å². The summed E-state index contributed by atoms with van der Waals surface area (Å²) in [6, 6.07) is 17.2. The van der Waals surface area contributed by atoms with Crippen LogP contribution >= 0.6 is 0 Å². The number of carbonyl (C=O) groups is 1. The predicted octanol–water partition coefficient (Wildman–Crippen LogP) is 3.27. The third-order valence-electron chi connectivity index (χ3n) is 6.22. The highest BCUT2D eigenvalue weighted by Gasteiger charge is 2.33. The molecule has 0 atom stereocenters. The molecular weight excluding hydrogens is 456 g/mol. The number of para-hydroxylation sites is 1. The van der Waals surface area contributed by atoms with Crippen LogP contribution in [-0.4, -0.2) is 64.2 Å². The smallest absolute Gasteiger partial charge is 0.288 e. The number of amides is 1. The van der Waals surface area contributed by atoms with Crippen molar-refractivity contribution in [1.82, 2.24) is 24.6 Å². The van der Waals surface area contributed by atoms with Gasteiger partial charge < -0.3 is 24.8 Å². The number of nitrogens with one attached hydrogen (secondary N) is 1. The second-order valence-electron chi connectivity index (χ2n) is 9.11. The molecule has 184 valence electrons. The minimum atomic E-state index is -0.315. The van der Waals surface area contributed by atoms with Gasteiger partial charge in [0.15, 0.2) is 5.82 Å². The van der Waals surface area contributed by atoms with E-state index in [1.54, 1.807) is 11.0 Å². The van der Waals surface area contributed by atoms with E-state index in [0.29, 0.717) is 36.3 Å². The van der Waals surface area contributed by atoms with Crippen LogP contribution in [0.3, 0.4) is 0 Å². The first-order chi connectivity index (χ1) is 17.4. The maximum absolute atomic E-state index is 12.8. The van der Waals surface area contributed by atoms with Gasteiger partial charge >= 0.3 is 0 Å². The van der Waals surface area contributed by atoms with Crippen molar-refractivity contribution in [2.24, 2.45) is 0 Å². The minimum Gasteiger partial charge on any atom is -0.457 e. The van der Waals surface area contributed by atoms with Crippen molar-refractivity contribution in [3.8, 4) is 22.6 Å². The number of hydrogen-bond donors (Lipinski definition) is 2. The van der Waals surface area contributed by atoms with Crippen LogP contribution in [0.2, 0.25) is 0 Å². The van der Waals surface area contributed by atoms with Crippen LogP contribution in [0, 0.1) is 0 Å². The van der Waals surface area contributed by atoms with E-state index in [0.717, 1.165) is 16.9 Å². The van der Waals surface area contributed by atoms with Gasteiger partial charge in [0.2, 0.25) is 5.91 Å². The molecule has 9 nitrogen and oxygen atoms in total. The number of ether oxygens (including phenoxy) is 1. The van der Waals surface area contributed by atoms with E-state index in [2.05, 4.69) is 10.2 Å². The number of nitrogen functional groups attached to an aromatic ring is 1. The molecule has 2 aromatic carbocycles. The molecule has 0 unspecified atom stereocenters. The number of hydrogen-bond acceptors (Lipinski definition) is 6. The number of H-pyrrole nitrogens is 1. The summed E-state index contributed by atoms with van der Waals surface area (Å²) >= 11 is 0. The number of fused-ring (bicyclic) bond motifs is 1. The number of anilines is 1. The molecule has 9 heteroatoms. The molecule has 0 saturated carbocycles. The van der Waals surface area contributed by atoms with Crippen molar-refractivity contribution in [3.63, 3.8) is 0 Å². The fourth-order valence-corrected chi connectivity index (χ4v) is 4.35. The van der Waals surface area contributed by atoms with Gasteiger partial charge in [0.25, 0.3) is 5.56 Å². The lowest BCUT2D eigenvalue weighted by Crippen LogP contribution is -2.50. The van der Waals surface area contributed by atoms with Gasteiger partial charge in [0.05, 0.1) is 11.4 Å². The summed E-state index contributed by atoms with van der Waals surface area (Å²) in [6.45, 7) is 1.73. The van der Waals surface area contributed by atoms with Crippen LogP contribution in [0.15, 0.2) is 77.7 Å². The number of benzene rings is 2. The number of aromatic nitrogens is 3. The maximum Gasteiger partial charge on any atom is 0.288 e. The number of rotatable bonds is 7. The molecule has 1 saturated heterocycles. The molecule has 0 spiro atoms. The predicted molar refractivity (Wildman–Crippen MR) is 140 cm³/mol. The van der Waals surface area contributed by atoms with Gasteiger partial charge in [-0.15, -0.1) is 0 Å². The summed E-state index contributed by atoms with van der Waals surface area (Å²) in [5.41, 5.74) is 8.07. The summed E-state index contributed by atoms with van der Waals surface area (Å²) in [6.07, 6.45) is 5.38. The zero-order valence-corrected chi connectivity index (χ0v) is 20.2. The SMILES string of the molecule is CN(C)CC=CC(=O)N1CC(n2cc(-c3ccc(Oc4ccccc4)cc3)c3c(N)n[nH]c(=O)c32)C1. The Labute approximate surface area is 208 Å². The molecule has 3 N–H and O–H groups in total. The fourth-order valence-electron chi connectivity index (χ4n) is 4.35. The first-order valence-electron chi connectivity index (χ1n) is 11.7. The van der Waals surface area contributed by atoms with Gasteiger partial charge in [-0.3, -0.25) is 9.59 Å². The highest BCUT2D eigenvalue weighted by atomic mass is 16.5. The minimum absolute atomic E-state index is 0.0314. The Balaban J connectivity index is 1.42. The summed E-state index contributed by atoms with van der Waals surface area (Å²) in [5.74, 6) is 1.67. The van der Waals surface area contributed by atoms with Crippen LogP contribution in [0.5, 0.6) is 11.5 Å². The van der Waals surface area contributed by atoms with E-state index in [1.807, 2.05) is 90.4 Å². The summed E-state index contributed by atoms with van der Waals surface area (Å²) in [4.78, 5) is 29.0. The number of likely N-dealkylation sites (N-methyl/N-ethyl adjacent to an activating group) is 1. The number of nitrogens with two attached hydrogens (primary N) is 1. The van der Waals surface area contributed by atoms with Crippen molar-refractivity contribution in [2.75, 3.05) is 39.5 Å². The molecule has 1 aliphatic rings. The number of carbonyl (C=O) groups excluding carboxylic acids is 1. The molecule has 1 aliphatic heterocycles. The molecule has 5 rings (SSSR count). The molecule has 2 aromatic heterocycles. The molecule has 1 fully saturated rings. The third-order valence-corrected chi connectivity index (χ3v) is 6.22. The van der Waals surface area contributed by atoms with Gasteiger partial charge in [-0.1, -0.05) is 36.4 Å². The first-order valence-corrected chi connectivity index (χ1v) is 11.7. The summed E-state index contributed by atoms with van der Waals surface area (Å²) in [5, 5.41) is 7.09. The lowest BCUT2D eigenvalue weighted by Gasteiger charge is -2.39. The van der Waals surface area contributed by atoms with Crippen molar-refractivity contribution in [1.29, 1.82) is 0 Å². The van der Waals surface area contributed by atoms with E-state index in [1.165, 1.54) is 0 Å². The summed E-state index contributed by atoms with van der Waals surface area (Å²) < 4.78 is 7.82. The highest BCUT2D eigenvalue weighted by molar-refractivity contribution is 6.02. The lowest BCUT2D eigenvalue weighted by molar-refractivity contribution is -0.131. The van der Waals surface area contributed by atoms with E-state index < -0.39 is 0 Å².